The molecular formula is C14H21N3O. The van der Waals surface area contributed by atoms with Gasteiger partial charge in [-0.05, 0) is 51.4 Å². The standard InChI is InChI=1S/C14H21N3O/c1-11-4-7-15-12(10-11)13(18)16-14(2)5-8-17(3)9-6-14/h4,7,10H,5-6,8-9H2,1-3H3,(H,16,18). The number of rotatable bonds is 2. The molecule has 18 heavy (non-hydrogen) atoms. The highest BCUT2D eigenvalue weighted by molar-refractivity contribution is 5.92. The van der Waals surface area contributed by atoms with E-state index in [1.807, 2.05) is 19.1 Å². The molecule has 0 saturated carbocycles. The van der Waals surface area contributed by atoms with Gasteiger partial charge in [-0.3, -0.25) is 9.78 Å². The summed E-state index contributed by atoms with van der Waals surface area (Å²) in [6.07, 6.45) is 3.66. The monoisotopic (exact) mass is 247 g/mol. The number of hydrogen-bond donors (Lipinski definition) is 1. The summed E-state index contributed by atoms with van der Waals surface area (Å²) in [5.74, 6) is -0.0641. The lowest BCUT2D eigenvalue weighted by molar-refractivity contribution is 0.0846. The second-order valence-electron chi connectivity index (χ2n) is 5.54. The van der Waals surface area contributed by atoms with Crippen LogP contribution in [0.4, 0.5) is 0 Å². The van der Waals surface area contributed by atoms with Crippen molar-refractivity contribution in [1.82, 2.24) is 15.2 Å². The van der Waals surface area contributed by atoms with Crippen LogP contribution in [0.25, 0.3) is 0 Å². The third-order valence-electron chi connectivity index (χ3n) is 3.65. The van der Waals surface area contributed by atoms with Gasteiger partial charge in [0.05, 0.1) is 0 Å². The Kier molecular flexibility index (Phi) is 3.66. The van der Waals surface area contributed by atoms with Crippen molar-refractivity contribution in [3.63, 3.8) is 0 Å². The minimum atomic E-state index is -0.102. The number of hydrogen-bond acceptors (Lipinski definition) is 3. The van der Waals surface area contributed by atoms with Gasteiger partial charge in [-0.2, -0.15) is 0 Å². The number of nitrogens with one attached hydrogen (secondary N) is 1. The quantitative estimate of drug-likeness (QED) is 0.863. The van der Waals surface area contributed by atoms with Gasteiger partial charge >= 0.3 is 0 Å². The molecule has 0 unspecified atom stereocenters. The van der Waals surface area contributed by atoms with E-state index in [2.05, 4.69) is 29.2 Å². The molecule has 4 heteroatoms. The Morgan fingerprint density at radius 1 is 1.44 bits per heavy atom. The minimum absolute atomic E-state index is 0.0641. The first-order valence-corrected chi connectivity index (χ1v) is 6.42. The van der Waals surface area contributed by atoms with Crippen molar-refractivity contribution < 1.29 is 4.79 Å². The fraction of sp³-hybridized carbons (Fsp3) is 0.571. The second-order valence-corrected chi connectivity index (χ2v) is 5.54. The van der Waals surface area contributed by atoms with Gasteiger partial charge in [-0.1, -0.05) is 0 Å². The fourth-order valence-electron chi connectivity index (χ4n) is 2.24. The van der Waals surface area contributed by atoms with Crippen molar-refractivity contribution in [2.75, 3.05) is 20.1 Å². The smallest absolute Gasteiger partial charge is 0.270 e. The number of nitrogens with zero attached hydrogens (tertiary/aromatic N) is 2. The van der Waals surface area contributed by atoms with Crippen molar-refractivity contribution >= 4 is 5.91 Å². The van der Waals surface area contributed by atoms with Crippen molar-refractivity contribution in [2.45, 2.75) is 32.2 Å². The molecule has 1 N–H and O–H groups in total. The van der Waals surface area contributed by atoms with E-state index in [1.54, 1.807) is 6.20 Å². The Hall–Kier alpha value is -1.42. The summed E-state index contributed by atoms with van der Waals surface area (Å²) in [4.78, 5) is 18.6. The Morgan fingerprint density at radius 3 is 2.72 bits per heavy atom. The van der Waals surface area contributed by atoms with Gasteiger partial charge in [-0.15, -0.1) is 0 Å². The summed E-state index contributed by atoms with van der Waals surface area (Å²) < 4.78 is 0. The maximum Gasteiger partial charge on any atom is 0.270 e. The number of aryl methyl sites for hydroxylation is 1. The molecule has 1 amide bonds. The number of carbonyl (C=O) groups excluding carboxylic acids is 1. The zero-order chi connectivity index (χ0) is 13.2. The molecule has 0 aliphatic carbocycles. The minimum Gasteiger partial charge on any atom is -0.345 e. The van der Waals surface area contributed by atoms with Crippen molar-refractivity contribution in [1.29, 1.82) is 0 Å². The van der Waals surface area contributed by atoms with Crippen LogP contribution in [-0.2, 0) is 0 Å². The molecule has 2 rings (SSSR count). The van der Waals surface area contributed by atoms with Crippen LogP contribution in [0.1, 0.15) is 35.8 Å². The predicted molar refractivity (Wildman–Crippen MR) is 71.6 cm³/mol. The summed E-state index contributed by atoms with van der Waals surface area (Å²) in [5, 5.41) is 3.13. The molecule has 1 fully saturated rings. The highest BCUT2D eigenvalue weighted by Crippen LogP contribution is 2.21. The fourth-order valence-corrected chi connectivity index (χ4v) is 2.24. The number of carbonyl (C=O) groups is 1. The first-order chi connectivity index (χ1) is 8.48. The lowest BCUT2D eigenvalue weighted by Gasteiger charge is -2.38. The number of piperidine rings is 1. The highest BCUT2D eigenvalue weighted by atomic mass is 16.2. The van der Waals surface area contributed by atoms with Crippen molar-refractivity contribution in [3.05, 3.63) is 29.6 Å². The molecule has 0 radical (unpaired) electrons. The van der Waals surface area contributed by atoms with E-state index in [9.17, 15) is 4.79 Å². The van der Waals surface area contributed by atoms with Gasteiger partial charge in [0.1, 0.15) is 5.69 Å². The van der Waals surface area contributed by atoms with Crippen molar-refractivity contribution in [2.24, 2.45) is 0 Å². The molecule has 98 valence electrons. The van der Waals surface area contributed by atoms with Crippen LogP contribution in [-0.4, -0.2) is 41.5 Å². The zero-order valence-corrected chi connectivity index (χ0v) is 11.4. The molecule has 0 aromatic carbocycles. The summed E-state index contributed by atoms with van der Waals surface area (Å²) in [5.41, 5.74) is 1.47. The van der Waals surface area contributed by atoms with E-state index in [4.69, 9.17) is 0 Å². The van der Waals surface area contributed by atoms with Crippen LogP contribution in [0.3, 0.4) is 0 Å². The van der Waals surface area contributed by atoms with Crippen LogP contribution in [0.5, 0.6) is 0 Å². The maximum atomic E-state index is 12.2. The lowest BCUT2D eigenvalue weighted by Crippen LogP contribution is -2.52. The molecule has 2 heterocycles. The van der Waals surface area contributed by atoms with Crippen LogP contribution in [0.2, 0.25) is 0 Å². The molecule has 1 aliphatic heterocycles. The Morgan fingerprint density at radius 2 is 2.11 bits per heavy atom. The molecule has 1 aromatic rings. The highest BCUT2D eigenvalue weighted by Gasteiger charge is 2.30. The number of pyridine rings is 1. The average Bonchev–Trinajstić information content (AvgIpc) is 2.33. The Bertz CT molecular complexity index is 436. The summed E-state index contributed by atoms with van der Waals surface area (Å²) in [6.45, 7) is 6.14. The topological polar surface area (TPSA) is 45.2 Å². The molecule has 0 atom stereocenters. The summed E-state index contributed by atoms with van der Waals surface area (Å²) in [6, 6.07) is 3.72. The zero-order valence-electron chi connectivity index (χ0n) is 11.4. The molecule has 1 aliphatic rings. The van der Waals surface area contributed by atoms with Gasteiger partial charge in [0.25, 0.3) is 5.91 Å². The number of aromatic nitrogens is 1. The first-order valence-electron chi connectivity index (χ1n) is 6.42. The van der Waals surface area contributed by atoms with E-state index >= 15 is 0 Å². The second kappa shape index (κ2) is 5.06. The van der Waals surface area contributed by atoms with E-state index in [0.29, 0.717) is 5.69 Å². The van der Waals surface area contributed by atoms with Gasteiger partial charge in [0.15, 0.2) is 0 Å². The molecule has 4 nitrogen and oxygen atoms in total. The SMILES string of the molecule is Cc1ccnc(C(=O)NC2(C)CCN(C)CC2)c1. The van der Waals surface area contributed by atoms with Crippen LogP contribution in [0, 0.1) is 6.92 Å². The van der Waals surface area contributed by atoms with E-state index in [1.165, 1.54) is 0 Å². The average molecular weight is 247 g/mol. The third-order valence-corrected chi connectivity index (χ3v) is 3.65. The van der Waals surface area contributed by atoms with Gasteiger partial charge < -0.3 is 10.2 Å². The lowest BCUT2D eigenvalue weighted by atomic mass is 9.89. The molecule has 1 aromatic heterocycles. The van der Waals surface area contributed by atoms with Crippen LogP contribution in [0.15, 0.2) is 18.3 Å². The van der Waals surface area contributed by atoms with E-state index in [0.717, 1.165) is 31.5 Å². The first kappa shape index (κ1) is 13.0. The Labute approximate surface area is 108 Å². The summed E-state index contributed by atoms with van der Waals surface area (Å²) in [7, 11) is 2.11. The molecule has 0 bridgehead atoms. The molecule has 1 saturated heterocycles. The summed E-state index contributed by atoms with van der Waals surface area (Å²) >= 11 is 0. The van der Waals surface area contributed by atoms with Gasteiger partial charge in [-0.25, -0.2) is 0 Å². The Balaban J connectivity index is 2.03. The van der Waals surface area contributed by atoms with E-state index in [-0.39, 0.29) is 11.4 Å². The van der Waals surface area contributed by atoms with Crippen molar-refractivity contribution in [3.8, 4) is 0 Å². The third kappa shape index (κ3) is 3.07. The normalized spacial score (nSPS) is 19.5. The number of amides is 1. The van der Waals surface area contributed by atoms with Crippen LogP contribution >= 0.6 is 0 Å². The molecule has 0 spiro atoms. The van der Waals surface area contributed by atoms with Gasteiger partial charge in [0.2, 0.25) is 0 Å². The molecular weight excluding hydrogens is 226 g/mol. The van der Waals surface area contributed by atoms with Crippen LogP contribution < -0.4 is 5.32 Å². The van der Waals surface area contributed by atoms with Gasteiger partial charge in [0, 0.05) is 24.8 Å². The largest absolute Gasteiger partial charge is 0.345 e. The maximum absolute atomic E-state index is 12.2. The number of likely N-dealkylation sites (tertiary alicyclic amines) is 1. The van der Waals surface area contributed by atoms with E-state index < -0.39 is 0 Å². The predicted octanol–water partition coefficient (Wildman–Crippen LogP) is 1.60.